The fourth-order valence-corrected chi connectivity index (χ4v) is 2.52. The molecule has 0 bridgehead atoms. The average Bonchev–Trinajstić information content (AvgIpc) is 2.74. The number of halogens is 1. The molecule has 0 atom stereocenters. The SMILES string of the molecule is Cc1cc(C)c(CNC(=O)CCc2c(C)noc2Cl)c(=O)[nH]1. The lowest BCUT2D eigenvalue weighted by atomic mass is 10.1. The molecule has 0 radical (unpaired) electrons. The number of nitrogens with zero attached hydrogens (tertiary/aromatic N) is 1. The molecule has 0 aromatic carbocycles. The normalized spacial score (nSPS) is 10.7. The predicted octanol–water partition coefficient (Wildman–Crippen LogP) is 2.19. The van der Waals surface area contributed by atoms with E-state index in [1.54, 1.807) is 6.92 Å². The molecule has 0 spiro atoms. The van der Waals surface area contributed by atoms with Gasteiger partial charge in [-0.15, -0.1) is 0 Å². The second-order valence-corrected chi connectivity index (χ2v) is 5.58. The Bertz CT molecular complexity index is 729. The second kappa shape index (κ2) is 6.79. The summed E-state index contributed by atoms with van der Waals surface area (Å²) in [6.07, 6.45) is 0.702. The predicted molar refractivity (Wildman–Crippen MR) is 83.0 cm³/mol. The van der Waals surface area contributed by atoms with Gasteiger partial charge in [0, 0.05) is 29.8 Å². The summed E-state index contributed by atoms with van der Waals surface area (Å²) in [7, 11) is 0. The van der Waals surface area contributed by atoms with E-state index in [4.69, 9.17) is 16.1 Å². The molecule has 6 nitrogen and oxygen atoms in total. The largest absolute Gasteiger partial charge is 0.352 e. The van der Waals surface area contributed by atoms with Crippen LogP contribution in [0.4, 0.5) is 0 Å². The lowest BCUT2D eigenvalue weighted by Crippen LogP contribution is -2.28. The minimum Gasteiger partial charge on any atom is -0.352 e. The molecule has 0 saturated carbocycles. The number of aryl methyl sites for hydroxylation is 3. The maximum Gasteiger partial charge on any atom is 0.253 e. The number of carbonyl (C=O) groups is 1. The number of aromatic amines is 1. The zero-order chi connectivity index (χ0) is 16.3. The number of carbonyl (C=O) groups excluding carboxylic acids is 1. The third-order valence-corrected chi connectivity index (χ3v) is 3.79. The molecular formula is C15H18ClN3O3. The van der Waals surface area contributed by atoms with Crippen molar-refractivity contribution in [1.82, 2.24) is 15.5 Å². The molecule has 22 heavy (non-hydrogen) atoms. The second-order valence-electron chi connectivity index (χ2n) is 5.24. The van der Waals surface area contributed by atoms with Crippen molar-refractivity contribution in [2.24, 2.45) is 0 Å². The Kier molecular flexibility index (Phi) is 5.03. The summed E-state index contributed by atoms with van der Waals surface area (Å²) in [5.74, 6) is -0.156. The van der Waals surface area contributed by atoms with E-state index >= 15 is 0 Å². The van der Waals surface area contributed by atoms with Crippen LogP contribution in [0.1, 0.15) is 34.5 Å². The number of hydrogen-bond donors (Lipinski definition) is 2. The fraction of sp³-hybridized carbons (Fsp3) is 0.400. The van der Waals surface area contributed by atoms with Crippen molar-refractivity contribution in [2.75, 3.05) is 0 Å². The standard InChI is InChI=1S/C15H18ClN3O3/c1-8-6-9(2)18-15(21)12(8)7-17-13(20)5-4-11-10(3)19-22-14(11)16/h6H,4-5,7H2,1-3H3,(H,17,20)(H,18,21). The maximum atomic E-state index is 11.9. The fourth-order valence-electron chi connectivity index (χ4n) is 2.26. The maximum absolute atomic E-state index is 11.9. The molecule has 2 N–H and O–H groups in total. The van der Waals surface area contributed by atoms with Crippen molar-refractivity contribution < 1.29 is 9.32 Å². The Morgan fingerprint density at radius 2 is 2.09 bits per heavy atom. The van der Waals surface area contributed by atoms with Gasteiger partial charge in [-0.3, -0.25) is 9.59 Å². The highest BCUT2D eigenvalue weighted by atomic mass is 35.5. The lowest BCUT2D eigenvalue weighted by molar-refractivity contribution is -0.121. The van der Waals surface area contributed by atoms with Crippen LogP contribution in [0, 0.1) is 20.8 Å². The van der Waals surface area contributed by atoms with Crippen molar-refractivity contribution in [2.45, 2.75) is 40.2 Å². The molecule has 2 heterocycles. The molecule has 7 heteroatoms. The van der Waals surface area contributed by atoms with Crippen LogP contribution < -0.4 is 10.9 Å². The van der Waals surface area contributed by atoms with Crippen LogP contribution in [0.25, 0.3) is 0 Å². The van der Waals surface area contributed by atoms with Gasteiger partial charge in [0.1, 0.15) is 0 Å². The van der Waals surface area contributed by atoms with E-state index in [1.165, 1.54) is 0 Å². The minimum absolute atomic E-state index is 0.156. The number of nitrogens with one attached hydrogen (secondary N) is 2. The summed E-state index contributed by atoms with van der Waals surface area (Å²) in [4.78, 5) is 26.5. The first-order chi connectivity index (χ1) is 10.4. The Morgan fingerprint density at radius 1 is 1.36 bits per heavy atom. The monoisotopic (exact) mass is 323 g/mol. The van der Waals surface area contributed by atoms with Gasteiger partial charge in [0.05, 0.1) is 5.69 Å². The van der Waals surface area contributed by atoms with Gasteiger partial charge in [-0.2, -0.15) is 0 Å². The quantitative estimate of drug-likeness (QED) is 0.882. The van der Waals surface area contributed by atoms with Crippen LogP contribution >= 0.6 is 11.6 Å². The van der Waals surface area contributed by atoms with Crippen molar-refractivity contribution >= 4 is 17.5 Å². The van der Waals surface area contributed by atoms with Crippen LogP contribution in [-0.2, 0) is 17.8 Å². The van der Waals surface area contributed by atoms with E-state index in [-0.39, 0.29) is 29.7 Å². The Hall–Kier alpha value is -2.08. The van der Waals surface area contributed by atoms with Gasteiger partial charge in [-0.05, 0) is 50.4 Å². The number of hydrogen-bond acceptors (Lipinski definition) is 4. The smallest absolute Gasteiger partial charge is 0.253 e. The van der Waals surface area contributed by atoms with E-state index in [9.17, 15) is 9.59 Å². The molecule has 0 aliphatic rings. The summed E-state index contributed by atoms with van der Waals surface area (Å²) in [5, 5.41) is 6.70. The lowest BCUT2D eigenvalue weighted by Gasteiger charge is -2.08. The summed E-state index contributed by atoms with van der Waals surface area (Å²) < 4.78 is 4.84. The van der Waals surface area contributed by atoms with E-state index < -0.39 is 0 Å². The van der Waals surface area contributed by atoms with E-state index in [0.717, 1.165) is 16.8 Å². The van der Waals surface area contributed by atoms with Gasteiger partial charge in [0.15, 0.2) is 0 Å². The molecule has 0 unspecified atom stereocenters. The van der Waals surface area contributed by atoms with Crippen molar-refractivity contribution in [3.8, 4) is 0 Å². The molecule has 2 aromatic rings. The first kappa shape index (κ1) is 16.3. The Balaban J connectivity index is 1.93. The van der Waals surface area contributed by atoms with Crippen molar-refractivity contribution in [1.29, 1.82) is 0 Å². The van der Waals surface area contributed by atoms with Crippen LogP contribution in [0.2, 0.25) is 5.22 Å². The number of H-pyrrole nitrogens is 1. The van der Waals surface area contributed by atoms with Gasteiger partial charge in [-0.1, -0.05) is 5.16 Å². The van der Waals surface area contributed by atoms with E-state index in [1.807, 2.05) is 19.9 Å². The van der Waals surface area contributed by atoms with Gasteiger partial charge >= 0.3 is 0 Å². The Morgan fingerprint density at radius 3 is 2.68 bits per heavy atom. The summed E-state index contributed by atoms with van der Waals surface area (Å²) in [6.45, 7) is 5.65. The average molecular weight is 324 g/mol. The third-order valence-electron chi connectivity index (χ3n) is 3.49. The zero-order valence-electron chi connectivity index (χ0n) is 12.7. The number of aromatic nitrogens is 2. The third kappa shape index (κ3) is 3.76. The summed E-state index contributed by atoms with van der Waals surface area (Å²) >= 11 is 5.85. The van der Waals surface area contributed by atoms with Crippen LogP contribution in [0.3, 0.4) is 0 Å². The summed E-state index contributed by atoms with van der Waals surface area (Å²) in [5.41, 5.74) is 3.48. The molecule has 0 fully saturated rings. The number of pyridine rings is 1. The highest BCUT2D eigenvalue weighted by Gasteiger charge is 2.13. The van der Waals surface area contributed by atoms with Crippen molar-refractivity contribution in [3.63, 3.8) is 0 Å². The van der Waals surface area contributed by atoms with E-state index in [2.05, 4.69) is 15.5 Å². The molecule has 0 aliphatic carbocycles. The molecular weight excluding hydrogens is 306 g/mol. The molecule has 1 amide bonds. The van der Waals surface area contributed by atoms with Crippen molar-refractivity contribution in [3.05, 3.63) is 49.7 Å². The van der Waals surface area contributed by atoms with Crippen LogP contribution in [0.15, 0.2) is 15.4 Å². The highest BCUT2D eigenvalue weighted by Crippen LogP contribution is 2.20. The molecule has 2 rings (SSSR count). The van der Waals surface area contributed by atoms with E-state index in [0.29, 0.717) is 17.7 Å². The van der Waals surface area contributed by atoms with Gasteiger partial charge in [-0.25, -0.2) is 0 Å². The first-order valence-corrected chi connectivity index (χ1v) is 7.33. The van der Waals surface area contributed by atoms with Crippen LogP contribution in [0.5, 0.6) is 0 Å². The minimum atomic E-state index is -0.171. The van der Waals surface area contributed by atoms with Crippen LogP contribution in [-0.4, -0.2) is 16.0 Å². The summed E-state index contributed by atoms with van der Waals surface area (Å²) in [6, 6.07) is 1.88. The molecule has 0 aliphatic heterocycles. The number of amides is 1. The molecule has 0 saturated heterocycles. The van der Waals surface area contributed by atoms with Gasteiger partial charge < -0.3 is 14.8 Å². The number of rotatable bonds is 5. The van der Waals surface area contributed by atoms with Gasteiger partial charge in [0.25, 0.3) is 5.56 Å². The Labute approximate surface area is 132 Å². The zero-order valence-corrected chi connectivity index (χ0v) is 13.5. The highest BCUT2D eigenvalue weighted by molar-refractivity contribution is 6.29. The first-order valence-electron chi connectivity index (χ1n) is 6.95. The molecule has 118 valence electrons. The van der Waals surface area contributed by atoms with Gasteiger partial charge in [0.2, 0.25) is 11.1 Å². The molecule has 2 aromatic heterocycles. The topological polar surface area (TPSA) is 88.0 Å².